The molecular weight excluding hydrogens is 583 g/mol. The van der Waals surface area contributed by atoms with E-state index in [9.17, 15) is 36.6 Å². The summed E-state index contributed by atoms with van der Waals surface area (Å²) in [6, 6.07) is 6.78. The lowest BCUT2D eigenvalue weighted by atomic mass is 9.60. The maximum Gasteiger partial charge on any atom is 0.507 e. The summed E-state index contributed by atoms with van der Waals surface area (Å²) in [7, 11) is 0. The van der Waals surface area contributed by atoms with E-state index in [0.717, 1.165) is 24.3 Å². The molecule has 0 aromatic heterocycles. The van der Waals surface area contributed by atoms with Crippen molar-refractivity contribution in [2.45, 2.75) is 61.5 Å². The highest BCUT2D eigenvalue weighted by atomic mass is 35.5. The van der Waals surface area contributed by atoms with E-state index in [4.69, 9.17) is 21.1 Å². The molecule has 2 bridgehead atoms. The van der Waals surface area contributed by atoms with Crippen LogP contribution in [0.15, 0.2) is 36.4 Å². The van der Waals surface area contributed by atoms with Crippen molar-refractivity contribution in [2.75, 3.05) is 13.2 Å². The molecule has 0 radical (unpaired) electrons. The van der Waals surface area contributed by atoms with E-state index >= 15 is 0 Å². The second kappa shape index (κ2) is 10.4. The minimum Gasteiger partial charge on any atom is -0.484 e. The standard InChI is InChI=1S/C26H24ClF5N2O7/c27-16-3-1-14(9-17(16)28)38-13-22(37)34-24-7-5-23(6-8-24,11-20(24)35)33-21(36)12-39-15-2-4-18-19(10-15)41-26(31,32)25(29,30)40-18/h1-4,9-10,20,35H,5-8,11-13H2,(H,33,36)(H,34,37)/t20-,23?,24?/m0/s1. The second-order valence-corrected chi connectivity index (χ2v) is 10.7. The predicted octanol–water partition coefficient (Wildman–Crippen LogP) is 3.94. The largest absolute Gasteiger partial charge is 0.507 e. The lowest BCUT2D eigenvalue weighted by molar-refractivity contribution is -0.391. The van der Waals surface area contributed by atoms with Crippen molar-refractivity contribution < 1.29 is 55.6 Å². The molecule has 2 aromatic carbocycles. The summed E-state index contributed by atoms with van der Waals surface area (Å²) < 4.78 is 85.8. The fourth-order valence-corrected chi connectivity index (χ4v) is 5.43. The van der Waals surface area contributed by atoms with Gasteiger partial charge in [-0.05, 0) is 56.4 Å². The van der Waals surface area contributed by atoms with Crippen LogP contribution in [0.4, 0.5) is 22.0 Å². The van der Waals surface area contributed by atoms with Gasteiger partial charge in [0, 0.05) is 17.7 Å². The number of fused-ring (bicyclic) bond motifs is 4. The Bertz CT molecular complexity index is 1350. The molecule has 9 nitrogen and oxygen atoms in total. The van der Waals surface area contributed by atoms with E-state index in [0.29, 0.717) is 25.7 Å². The Balaban J connectivity index is 1.12. The number of amides is 2. The molecule has 3 N–H and O–H groups in total. The van der Waals surface area contributed by atoms with Crippen LogP contribution in [0, 0.1) is 5.82 Å². The first-order valence-corrected chi connectivity index (χ1v) is 12.9. The lowest BCUT2D eigenvalue weighted by Gasteiger charge is -2.56. The van der Waals surface area contributed by atoms with Gasteiger partial charge in [-0.1, -0.05) is 11.6 Å². The Labute approximate surface area is 234 Å². The van der Waals surface area contributed by atoms with E-state index < -0.39 is 71.7 Å². The van der Waals surface area contributed by atoms with Gasteiger partial charge in [0.15, 0.2) is 24.7 Å². The topological polar surface area (TPSA) is 115 Å². The summed E-state index contributed by atoms with van der Waals surface area (Å²) in [4.78, 5) is 25.2. The van der Waals surface area contributed by atoms with Crippen LogP contribution in [0.3, 0.4) is 0 Å². The number of hydrogen-bond acceptors (Lipinski definition) is 7. The quantitative estimate of drug-likeness (QED) is 0.390. The molecule has 0 saturated heterocycles. The van der Waals surface area contributed by atoms with Gasteiger partial charge >= 0.3 is 12.2 Å². The van der Waals surface area contributed by atoms with Gasteiger partial charge in [0.25, 0.3) is 11.8 Å². The number of carbonyl (C=O) groups is 2. The van der Waals surface area contributed by atoms with Crippen LogP contribution in [0.1, 0.15) is 32.1 Å². The molecule has 1 aliphatic heterocycles. The van der Waals surface area contributed by atoms with Crippen LogP contribution in [0.25, 0.3) is 0 Å². The lowest BCUT2D eigenvalue weighted by Crippen LogP contribution is -2.70. The fraction of sp³-hybridized carbons (Fsp3) is 0.462. The maximum absolute atomic E-state index is 13.6. The number of carbonyl (C=O) groups excluding carboxylic acids is 2. The Morgan fingerprint density at radius 1 is 0.878 bits per heavy atom. The molecule has 3 aliphatic carbocycles. The third-order valence-corrected chi connectivity index (χ3v) is 7.78. The molecular formula is C26H24ClF5N2O7. The predicted molar refractivity (Wildman–Crippen MR) is 131 cm³/mol. The molecule has 4 aliphatic rings. The van der Waals surface area contributed by atoms with Crippen molar-refractivity contribution in [2.24, 2.45) is 0 Å². The number of hydrogen-bond donors (Lipinski definition) is 3. The molecule has 222 valence electrons. The van der Waals surface area contributed by atoms with Gasteiger partial charge < -0.3 is 34.7 Å². The molecule has 2 amide bonds. The van der Waals surface area contributed by atoms with E-state index in [1.165, 1.54) is 12.1 Å². The van der Waals surface area contributed by atoms with Crippen LogP contribution in [0.5, 0.6) is 23.0 Å². The molecule has 41 heavy (non-hydrogen) atoms. The van der Waals surface area contributed by atoms with Gasteiger partial charge in [0.1, 0.15) is 17.3 Å². The average Bonchev–Trinajstić information content (AvgIpc) is 2.89. The summed E-state index contributed by atoms with van der Waals surface area (Å²) in [5.41, 5.74) is -1.68. The number of nitrogens with one attached hydrogen (secondary N) is 2. The van der Waals surface area contributed by atoms with Crippen LogP contribution in [0.2, 0.25) is 5.02 Å². The number of ether oxygens (including phenoxy) is 4. The fourth-order valence-electron chi connectivity index (χ4n) is 5.31. The zero-order chi connectivity index (χ0) is 29.6. The number of rotatable bonds is 8. The number of alkyl halides is 4. The highest BCUT2D eigenvalue weighted by molar-refractivity contribution is 6.30. The van der Waals surface area contributed by atoms with Gasteiger partial charge in [-0.3, -0.25) is 9.59 Å². The van der Waals surface area contributed by atoms with Crippen LogP contribution < -0.4 is 29.6 Å². The van der Waals surface area contributed by atoms with E-state index in [1.54, 1.807) is 0 Å². The smallest absolute Gasteiger partial charge is 0.484 e. The van der Waals surface area contributed by atoms with Crippen molar-refractivity contribution in [1.29, 1.82) is 0 Å². The van der Waals surface area contributed by atoms with E-state index in [-0.39, 0.29) is 22.9 Å². The Kier molecular flexibility index (Phi) is 7.35. The normalized spacial score (nSPS) is 27.0. The summed E-state index contributed by atoms with van der Waals surface area (Å²) in [5, 5.41) is 16.5. The second-order valence-electron chi connectivity index (χ2n) is 10.3. The van der Waals surface area contributed by atoms with Gasteiger partial charge in [-0.15, -0.1) is 0 Å². The average molecular weight is 607 g/mol. The highest BCUT2D eigenvalue weighted by Crippen LogP contribution is 2.48. The molecule has 0 spiro atoms. The Morgan fingerprint density at radius 3 is 2.05 bits per heavy atom. The molecule has 6 rings (SSSR count). The first-order valence-electron chi connectivity index (χ1n) is 12.5. The first kappa shape index (κ1) is 29.0. The summed E-state index contributed by atoms with van der Waals surface area (Å²) in [5.74, 6) is -3.03. The summed E-state index contributed by atoms with van der Waals surface area (Å²) >= 11 is 5.63. The molecule has 2 aromatic rings. The molecule has 1 heterocycles. The van der Waals surface area contributed by atoms with Crippen molar-refractivity contribution in [3.05, 3.63) is 47.2 Å². The molecule has 15 heteroatoms. The SMILES string of the molecule is O=C(COc1ccc2c(c1)OC(F)(F)C(F)(F)O2)NC12CCC(NC(=O)COc3ccc(Cl)c(F)c3)(CC1)[C@@H](O)C2. The minimum absolute atomic E-state index is 0.0827. The van der Waals surface area contributed by atoms with Gasteiger partial charge in [0.2, 0.25) is 0 Å². The van der Waals surface area contributed by atoms with Gasteiger partial charge in [-0.2, -0.15) is 17.6 Å². The zero-order valence-corrected chi connectivity index (χ0v) is 21.9. The van der Waals surface area contributed by atoms with Crippen molar-refractivity contribution in [3.8, 4) is 23.0 Å². The third-order valence-electron chi connectivity index (χ3n) is 7.48. The third kappa shape index (κ3) is 5.80. The Morgan fingerprint density at radius 2 is 1.44 bits per heavy atom. The van der Waals surface area contributed by atoms with Crippen molar-refractivity contribution in [3.63, 3.8) is 0 Å². The van der Waals surface area contributed by atoms with E-state index in [1.807, 2.05) is 0 Å². The number of halogens is 6. The molecule has 1 atom stereocenters. The van der Waals surface area contributed by atoms with E-state index in [2.05, 4.69) is 20.1 Å². The van der Waals surface area contributed by atoms with Gasteiger partial charge in [-0.25, -0.2) is 4.39 Å². The monoisotopic (exact) mass is 606 g/mol. The molecule has 3 fully saturated rings. The van der Waals surface area contributed by atoms with Crippen molar-refractivity contribution >= 4 is 23.4 Å². The minimum atomic E-state index is -4.89. The highest BCUT2D eigenvalue weighted by Gasteiger charge is 2.66. The van der Waals surface area contributed by atoms with Crippen LogP contribution in [-0.4, -0.2) is 59.5 Å². The van der Waals surface area contributed by atoms with Gasteiger partial charge in [0.05, 0.1) is 16.7 Å². The number of aliphatic hydroxyl groups excluding tert-OH is 1. The Hall–Kier alpha value is -3.52. The number of benzene rings is 2. The molecule has 3 saturated carbocycles. The van der Waals surface area contributed by atoms with Crippen LogP contribution >= 0.6 is 11.6 Å². The van der Waals surface area contributed by atoms with Crippen molar-refractivity contribution in [1.82, 2.24) is 10.6 Å². The molecule has 0 unspecified atom stereocenters. The zero-order valence-electron chi connectivity index (χ0n) is 21.2. The number of aliphatic hydroxyl groups is 1. The maximum atomic E-state index is 13.6. The summed E-state index contributed by atoms with van der Waals surface area (Å²) in [6.07, 6.45) is -8.99. The first-order chi connectivity index (χ1) is 19.2. The summed E-state index contributed by atoms with van der Waals surface area (Å²) in [6.45, 7) is -0.941. The van der Waals surface area contributed by atoms with Crippen LogP contribution in [-0.2, 0) is 9.59 Å².